The molecular weight excluding hydrogens is 244 g/mol. The minimum Gasteiger partial charge on any atom is -0.399 e. The Balaban J connectivity index is 1.67. The number of H-pyrrole nitrogens is 1. The average molecular weight is 262 g/mol. The number of aromatic amines is 1. The molecule has 0 spiro atoms. The van der Waals surface area contributed by atoms with Gasteiger partial charge in [-0.2, -0.15) is 11.8 Å². The predicted octanol–water partition coefficient (Wildman–Crippen LogP) is 2.84. The third-order valence-electron chi connectivity index (χ3n) is 3.28. The van der Waals surface area contributed by atoms with Crippen LogP contribution in [0.1, 0.15) is 19.3 Å². The SMILES string of the molecule is Nc1ccc2nc(NCC3CCCCS3)[nH]c2c1. The Labute approximate surface area is 111 Å². The van der Waals surface area contributed by atoms with Crippen molar-refractivity contribution in [1.82, 2.24) is 9.97 Å². The van der Waals surface area contributed by atoms with Crippen LogP contribution in [0.4, 0.5) is 11.6 Å². The van der Waals surface area contributed by atoms with E-state index in [1.165, 1.54) is 25.0 Å². The number of thioether (sulfide) groups is 1. The predicted molar refractivity (Wildman–Crippen MR) is 79.1 cm³/mol. The molecule has 1 aromatic carbocycles. The standard InChI is InChI=1S/C13H18N4S/c14-9-4-5-11-12(7-9)17-13(16-11)15-8-10-3-1-2-6-18-10/h4-5,7,10H,1-3,6,8,14H2,(H2,15,16,17). The van der Waals surface area contributed by atoms with Gasteiger partial charge in [0, 0.05) is 17.5 Å². The molecule has 1 unspecified atom stereocenters. The number of aromatic nitrogens is 2. The molecule has 2 aromatic rings. The molecule has 1 aliphatic rings. The van der Waals surface area contributed by atoms with Crippen LogP contribution >= 0.6 is 11.8 Å². The third kappa shape index (κ3) is 2.56. The minimum atomic E-state index is 0.719. The van der Waals surface area contributed by atoms with E-state index in [2.05, 4.69) is 27.0 Å². The van der Waals surface area contributed by atoms with Gasteiger partial charge in [-0.1, -0.05) is 6.42 Å². The summed E-state index contributed by atoms with van der Waals surface area (Å²) in [5, 5.41) is 4.11. The number of benzene rings is 1. The lowest BCUT2D eigenvalue weighted by Crippen LogP contribution is -2.20. The molecule has 4 N–H and O–H groups in total. The maximum atomic E-state index is 5.75. The lowest BCUT2D eigenvalue weighted by molar-refractivity contribution is 0.676. The van der Waals surface area contributed by atoms with Gasteiger partial charge in [-0.05, 0) is 36.8 Å². The molecule has 18 heavy (non-hydrogen) atoms. The van der Waals surface area contributed by atoms with Crippen molar-refractivity contribution in [3.05, 3.63) is 18.2 Å². The van der Waals surface area contributed by atoms with E-state index < -0.39 is 0 Å². The second-order valence-corrected chi connectivity index (χ2v) is 6.14. The van der Waals surface area contributed by atoms with Crippen molar-refractivity contribution in [1.29, 1.82) is 0 Å². The van der Waals surface area contributed by atoms with Crippen molar-refractivity contribution in [2.45, 2.75) is 24.5 Å². The second-order valence-electron chi connectivity index (χ2n) is 4.73. The topological polar surface area (TPSA) is 66.7 Å². The van der Waals surface area contributed by atoms with E-state index >= 15 is 0 Å². The molecule has 0 radical (unpaired) electrons. The van der Waals surface area contributed by atoms with Crippen LogP contribution in [0.25, 0.3) is 11.0 Å². The first kappa shape index (κ1) is 11.7. The molecule has 0 amide bonds. The molecule has 1 aromatic heterocycles. The Morgan fingerprint density at radius 2 is 2.39 bits per heavy atom. The minimum absolute atomic E-state index is 0.719. The van der Waals surface area contributed by atoms with Crippen LogP contribution in [-0.4, -0.2) is 27.5 Å². The van der Waals surface area contributed by atoms with E-state index in [0.29, 0.717) is 0 Å². The number of hydrogen-bond acceptors (Lipinski definition) is 4. The molecule has 1 saturated heterocycles. The number of nitrogen functional groups attached to an aromatic ring is 1. The Morgan fingerprint density at radius 1 is 1.44 bits per heavy atom. The summed E-state index contributed by atoms with van der Waals surface area (Å²) < 4.78 is 0. The van der Waals surface area contributed by atoms with Crippen molar-refractivity contribution in [2.75, 3.05) is 23.3 Å². The highest BCUT2D eigenvalue weighted by Crippen LogP contribution is 2.25. The highest BCUT2D eigenvalue weighted by molar-refractivity contribution is 7.99. The number of fused-ring (bicyclic) bond motifs is 1. The molecular formula is C13H18N4S. The summed E-state index contributed by atoms with van der Waals surface area (Å²) in [6, 6.07) is 5.74. The van der Waals surface area contributed by atoms with Crippen LogP contribution in [0.2, 0.25) is 0 Å². The van der Waals surface area contributed by atoms with E-state index in [-0.39, 0.29) is 0 Å². The van der Waals surface area contributed by atoms with Gasteiger partial charge in [0.05, 0.1) is 11.0 Å². The maximum Gasteiger partial charge on any atom is 0.201 e. The number of nitrogens with zero attached hydrogens (tertiary/aromatic N) is 1. The first-order valence-electron chi connectivity index (χ1n) is 6.42. The number of nitrogens with one attached hydrogen (secondary N) is 2. The second kappa shape index (κ2) is 5.10. The molecule has 96 valence electrons. The molecule has 4 nitrogen and oxygen atoms in total. The molecule has 0 aliphatic carbocycles. The largest absolute Gasteiger partial charge is 0.399 e. The molecule has 0 bridgehead atoms. The summed E-state index contributed by atoms with van der Waals surface area (Å²) in [6.45, 7) is 0.986. The molecule has 1 atom stereocenters. The van der Waals surface area contributed by atoms with Crippen molar-refractivity contribution in [2.24, 2.45) is 0 Å². The van der Waals surface area contributed by atoms with Crippen LogP contribution in [0.15, 0.2) is 18.2 Å². The Hall–Kier alpha value is -1.36. The zero-order chi connectivity index (χ0) is 12.4. The Kier molecular flexibility index (Phi) is 3.32. The van der Waals surface area contributed by atoms with Crippen LogP contribution in [0.5, 0.6) is 0 Å². The van der Waals surface area contributed by atoms with E-state index in [1.54, 1.807) is 0 Å². The van der Waals surface area contributed by atoms with Crippen molar-refractivity contribution in [3.63, 3.8) is 0 Å². The summed E-state index contributed by atoms with van der Waals surface area (Å²) in [4.78, 5) is 7.77. The summed E-state index contributed by atoms with van der Waals surface area (Å²) in [6.07, 6.45) is 4.03. The normalized spacial score (nSPS) is 20.1. The van der Waals surface area contributed by atoms with Crippen LogP contribution in [0.3, 0.4) is 0 Å². The number of rotatable bonds is 3. The monoisotopic (exact) mass is 262 g/mol. The van der Waals surface area contributed by atoms with Gasteiger partial charge in [-0.25, -0.2) is 4.98 Å². The number of nitrogens with two attached hydrogens (primary N) is 1. The lowest BCUT2D eigenvalue weighted by atomic mass is 10.2. The number of imidazole rings is 1. The number of anilines is 2. The van der Waals surface area contributed by atoms with E-state index in [0.717, 1.165) is 34.5 Å². The van der Waals surface area contributed by atoms with Crippen LogP contribution in [0, 0.1) is 0 Å². The molecule has 1 aliphatic heterocycles. The van der Waals surface area contributed by atoms with E-state index in [4.69, 9.17) is 5.73 Å². The summed E-state index contributed by atoms with van der Waals surface area (Å²) >= 11 is 2.07. The summed E-state index contributed by atoms with van der Waals surface area (Å²) in [5.74, 6) is 2.14. The van der Waals surface area contributed by atoms with Crippen molar-refractivity contribution < 1.29 is 0 Å². The van der Waals surface area contributed by atoms with Gasteiger partial charge >= 0.3 is 0 Å². The molecule has 2 heterocycles. The Bertz CT molecular complexity index is 531. The van der Waals surface area contributed by atoms with E-state index in [1.807, 2.05) is 18.2 Å². The third-order valence-corrected chi connectivity index (χ3v) is 4.68. The fourth-order valence-electron chi connectivity index (χ4n) is 2.29. The van der Waals surface area contributed by atoms with Crippen molar-refractivity contribution in [3.8, 4) is 0 Å². The highest BCUT2D eigenvalue weighted by Gasteiger charge is 2.14. The van der Waals surface area contributed by atoms with Gasteiger partial charge in [-0.3, -0.25) is 0 Å². The highest BCUT2D eigenvalue weighted by atomic mass is 32.2. The Morgan fingerprint density at radius 3 is 3.22 bits per heavy atom. The lowest BCUT2D eigenvalue weighted by Gasteiger charge is -2.21. The molecule has 5 heteroatoms. The zero-order valence-electron chi connectivity index (χ0n) is 10.3. The first-order chi connectivity index (χ1) is 8.81. The quantitative estimate of drug-likeness (QED) is 0.744. The fraction of sp³-hybridized carbons (Fsp3) is 0.462. The van der Waals surface area contributed by atoms with Gasteiger partial charge in [0.2, 0.25) is 5.95 Å². The fourth-order valence-corrected chi connectivity index (χ4v) is 3.53. The van der Waals surface area contributed by atoms with Gasteiger partial charge in [0.15, 0.2) is 0 Å². The number of hydrogen-bond donors (Lipinski definition) is 3. The van der Waals surface area contributed by atoms with Gasteiger partial charge in [0.1, 0.15) is 0 Å². The van der Waals surface area contributed by atoms with Crippen LogP contribution in [-0.2, 0) is 0 Å². The maximum absolute atomic E-state index is 5.75. The molecule has 0 saturated carbocycles. The van der Waals surface area contributed by atoms with Gasteiger partial charge in [0.25, 0.3) is 0 Å². The average Bonchev–Trinajstić information content (AvgIpc) is 2.79. The van der Waals surface area contributed by atoms with Crippen molar-refractivity contribution >= 4 is 34.4 Å². The van der Waals surface area contributed by atoms with E-state index in [9.17, 15) is 0 Å². The molecule has 1 fully saturated rings. The van der Waals surface area contributed by atoms with Gasteiger partial charge < -0.3 is 16.0 Å². The van der Waals surface area contributed by atoms with Crippen LogP contribution < -0.4 is 11.1 Å². The summed E-state index contributed by atoms with van der Waals surface area (Å²) in [7, 11) is 0. The first-order valence-corrected chi connectivity index (χ1v) is 7.47. The summed E-state index contributed by atoms with van der Waals surface area (Å²) in [5.41, 5.74) is 8.47. The van der Waals surface area contributed by atoms with Gasteiger partial charge in [-0.15, -0.1) is 0 Å². The zero-order valence-corrected chi connectivity index (χ0v) is 11.1. The smallest absolute Gasteiger partial charge is 0.201 e. The molecule has 3 rings (SSSR count).